The molecule has 0 aliphatic heterocycles. The molecule has 1 amide bonds. The summed E-state index contributed by atoms with van der Waals surface area (Å²) in [7, 11) is 1.47. The first-order valence-electron chi connectivity index (χ1n) is 9.01. The monoisotopic (exact) mass is 463 g/mol. The zero-order valence-electron chi connectivity index (χ0n) is 16.5. The number of amides is 1. The number of carbonyl (C=O) groups excluding carboxylic acids is 1. The summed E-state index contributed by atoms with van der Waals surface area (Å²) in [5.41, 5.74) is -1.32. The fourth-order valence-corrected chi connectivity index (χ4v) is 3.71. The number of nitrogens with zero attached hydrogens (tertiary/aromatic N) is 2. The second-order valence-corrected chi connectivity index (χ2v) is 8.99. The summed E-state index contributed by atoms with van der Waals surface area (Å²) in [6.45, 7) is 5.16. The Hall–Kier alpha value is -2.68. The van der Waals surface area contributed by atoms with Gasteiger partial charge in [0.25, 0.3) is 5.56 Å². The lowest BCUT2D eigenvalue weighted by atomic mass is 9.92. The molecule has 2 N–H and O–H groups in total. The first kappa shape index (κ1) is 21.0. The predicted molar refractivity (Wildman–Crippen MR) is 110 cm³/mol. The molecular formula is C20H22BrN3O5. The van der Waals surface area contributed by atoms with Crippen molar-refractivity contribution in [3.8, 4) is 0 Å². The van der Waals surface area contributed by atoms with E-state index in [1.54, 1.807) is 39.0 Å². The number of ether oxygens (including phenoxy) is 1. The van der Waals surface area contributed by atoms with E-state index >= 15 is 0 Å². The van der Waals surface area contributed by atoms with E-state index in [1.807, 2.05) is 6.07 Å². The lowest BCUT2D eigenvalue weighted by Crippen LogP contribution is -2.31. The Kier molecular flexibility index (Phi) is 5.29. The summed E-state index contributed by atoms with van der Waals surface area (Å²) in [6.07, 6.45) is -0.436. The number of aliphatic carboxylic acids is 1. The molecule has 3 rings (SSSR count). The Balaban J connectivity index is 1.96. The number of hydrogen-bond donors (Lipinski definition) is 2. The van der Waals surface area contributed by atoms with Gasteiger partial charge in [-0.15, -0.1) is 0 Å². The van der Waals surface area contributed by atoms with E-state index in [4.69, 9.17) is 4.74 Å². The van der Waals surface area contributed by atoms with Crippen LogP contribution in [0.25, 0.3) is 0 Å². The standard InChI is InChI=1S/C20H22BrN3O5/c1-19(2,3)29-18(28)23-17-22-14(9-15(25)24(17)4)13-10-20(13,16(26)27)11-6-5-7-12(21)8-11/h5-9,13H,10H2,1-4H3,(H,26,27)(H,22,23,28)/t13-,20+/m0/s1. The van der Waals surface area contributed by atoms with Crippen LogP contribution in [-0.2, 0) is 22.0 Å². The summed E-state index contributed by atoms with van der Waals surface area (Å²) in [5, 5.41) is 12.4. The number of rotatable bonds is 4. The highest BCUT2D eigenvalue weighted by molar-refractivity contribution is 9.10. The number of benzene rings is 1. The van der Waals surface area contributed by atoms with E-state index in [9.17, 15) is 19.5 Å². The Morgan fingerprint density at radius 3 is 2.62 bits per heavy atom. The average Bonchev–Trinajstić information content (AvgIpc) is 3.34. The van der Waals surface area contributed by atoms with Crippen LogP contribution in [-0.4, -0.2) is 32.3 Å². The van der Waals surface area contributed by atoms with Gasteiger partial charge >= 0.3 is 12.1 Å². The third-order valence-corrected chi connectivity index (χ3v) is 5.30. The molecule has 1 heterocycles. The maximum absolute atomic E-state index is 12.4. The van der Waals surface area contributed by atoms with Crippen molar-refractivity contribution < 1.29 is 19.4 Å². The lowest BCUT2D eigenvalue weighted by molar-refractivity contribution is -0.140. The molecule has 0 spiro atoms. The summed E-state index contributed by atoms with van der Waals surface area (Å²) in [4.78, 5) is 41.0. The number of hydrogen-bond acceptors (Lipinski definition) is 5. The van der Waals surface area contributed by atoms with Crippen LogP contribution in [0, 0.1) is 0 Å². The second-order valence-electron chi connectivity index (χ2n) is 8.07. The molecule has 1 aliphatic rings. The van der Waals surface area contributed by atoms with Gasteiger partial charge in [-0.2, -0.15) is 0 Å². The van der Waals surface area contributed by atoms with Crippen LogP contribution in [0.15, 0.2) is 39.6 Å². The summed E-state index contributed by atoms with van der Waals surface area (Å²) in [5.74, 6) is -1.46. The van der Waals surface area contributed by atoms with Gasteiger partial charge in [-0.05, 0) is 44.9 Å². The molecule has 0 radical (unpaired) electrons. The molecule has 1 aromatic carbocycles. The van der Waals surface area contributed by atoms with Crippen molar-refractivity contribution in [2.45, 2.75) is 44.1 Å². The fraction of sp³-hybridized carbons (Fsp3) is 0.400. The molecule has 2 atom stereocenters. The van der Waals surface area contributed by atoms with Crippen LogP contribution < -0.4 is 10.9 Å². The number of carboxylic acids is 1. The Bertz CT molecular complexity index is 1040. The Morgan fingerprint density at radius 2 is 2.03 bits per heavy atom. The van der Waals surface area contributed by atoms with Crippen molar-refractivity contribution in [3.05, 3.63) is 56.4 Å². The smallest absolute Gasteiger partial charge is 0.414 e. The van der Waals surface area contributed by atoms with Crippen LogP contribution in [0.1, 0.15) is 44.4 Å². The molecule has 0 bridgehead atoms. The van der Waals surface area contributed by atoms with Crippen molar-refractivity contribution in [2.24, 2.45) is 7.05 Å². The van der Waals surface area contributed by atoms with Gasteiger partial charge in [-0.25, -0.2) is 9.78 Å². The number of nitrogens with one attached hydrogen (secondary N) is 1. The van der Waals surface area contributed by atoms with Crippen molar-refractivity contribution in [3.63, 3.8) is 0 Å². The van der Waals surface area contributed by atoms with Crippen LogP contribution >= 0.6 is 15.9 Å². The van der Waals surface area contributed by atoms with Gasteiger partial charge < -0.3 is 9.84 Å². The van der Waals surface area contributed by atoms with E-state index in [0.29, 0.717) is 17.7 Å². The third kappa shape index (κ3) is 4.19. The van der Waals surface area contributed by atoms with Gasteiger partial charge in [-0.3, -0.25) is 19.5 Å². The quantitative estimate of drug-likeness (QED) is 0.718. The maximum atomic E-state index is 12.4. The molecule has 1 saturated carbocycles. The number of anilines is 1. The van der Waals surface area contributed by atoms with Crippen molar-refractivity contribution in [2.75, 3.05) is 5.32 Å². The van der Waals surface area contributed by atoms with Crippen LogP contribution in [0.4, 0.5) is 10.7 Å². The molecule has 1 fully saturated rings. The van der Waals surface area contributed by atoms with E-state index in [1.165, 1.54) is 17.7 Å². The highest BCUT2D eigenvalue weighted by atomic mass is 79.9. The molecule has 29 heavy (non-hydrogen) atoms. The van der Waals surface area contributed by atoms with Gasteiger partial charge in [0.2, 0.25) is 5.95 Å². The molecular weight excluding hydrogens is 442 g/mol. The fourth-order valence-electron chi connectivity index (χ4n) is 3.31. The van der Waals surface area contributed by atoms with Gasteiger partial charge in [0.1, 0.15) is 11.0 Å². The molecule has 9 heteroatoms. The molecule has 0 unspecified atom stereocenters. The molecule has 0 saturated heterocycles. The Morgan fingerprint density at radius 1 is 1.34 bits per heavy atom. The molecule has 1 aromatic heterocycles. The predicted octanol–water partition coefficient (Wildman–Crippen LogP) is 3.40. The Labute approximate surface area is 176 Å². The first-order valence-corrected chi connectivity index (χ1v) is 9.81. The topological polar surface area (TPSA) is 111 Å². The molecule has 2 aromatic rings. The summed E-state index contributed by atoms with van der Waals surface area (Å²) >= 11 is 3.37. The summed E-state index contributed by atoms with van der Waals surface area (Å²) in [6, 6.07) is 8.41. The van der Waals surface area contributed by atoms with Gasteiger partial charge in [0.05, 0.1) is 5.69 Å². The second kappa shape index (κ2) is 7.29. The number of carbonyl (C=O) groups is 2. The maximum Gasteiger partial charge on any atom is 0.414 e. The van der Waals surface area contributed by atoms with E-state index < -0.39 is 34.6 Å². The van der Waals surface area contributed by atoms with E-state index in [-0.39, 0.29) is 5.95 Å². The minimum Gasteiger partial charge on any atom is -0.481 e. The first-order chi connectivity index (χ1) is 13.4. The van der Waals surface area contributed by atoms with Gasteiger partial charge in [-0.1, -0.05) is 28.1 Å². The van der Waals surface area contributed by atoms with Crippen molar-refractivity contribution in [1.29, 1.82) is 0 Å². The zero-order chi connectivity index (χ0) is 21.6. The van der Waals surface area contributed by atoms with Gasteiger partial charge in [0, 0.05) is 23.5 Å². The van der Waals surface area contributed by atoms with Crippen LogP contribution in [0.5, 0.6) is 0 Å². The molecule has 8 nitrogen and oxygen atoms in total. The molecule has 154 valence electrons. The van der Waals surface area contributed by atoms with Gasteiger partial charge in [0.15, 0.2) is 0 Å². The van der Waals surface area contributed by atoms with E-state index in [2.05, 4.69) is 26.2 Å². The molecule has 1 aliphatic carbocycles. The van der Waals surface area contributed by atoms with Crippen LogP contribution in [0.2, 0.25) is 0 Å². The summed E-state index contributed by atoms with van der Waals surface area (Å²) < 4.78 is 7.16. The van der Waals surface area contributed by atoms with Crippen molar-refractivity contribution in [1.82, 2.24) is 9.55 Å². The van der Waals surface area contributed by atoms with Crippen LogP contribution in [0.3, 0.4) is 0 Å². The normalized spacial score (nSPS) is 20.8. The largest absolute Gasteiger partial charge is 0.481 e. The minimum absolute atomic E-state index is 0.00202. The zero-order valence-corrected chi connectivity index (χ0v) is 18.1. The average molecular weight is 464 g/mol. The minimum atomic E-state index is -1.16. The van der Waals surface area contributed by atoms with E-state index in [0.717, 1.165) is 4.47 Å². The number of halogens is 1. The number of aromatic nitrogens is 2. The van der Waals surface area contributed by atoms with Crippen molar-refractivity contribution >= 4 is 33.9 Å². The SMILES string of the molecule is Cn1c(NC(=O)OC(C)(C)C)nc([C@@H]2C[C@@]2(C(=O)O)c2cccc(Br)c2)cc1=O. The third-order valence-electron chi connectivity index (χ3n) is 4.81. The highest BCUT2D eigenvalue weighted by Gasteiger charge is 2.63. The highest BCUT2D eigenvalue weighted by Crippen LogP contribution is 2.60. The lowest BCUT2D eigenvalue weighted by Gasteiger charge is -2.20. The number of carboxylic acid groups (broad SMARTS) is 1.